The third kappa shape index (κ3) is 2.43. The quantitative estimate of drug-likeness (QED) is 0.842. The lowest BCUT2D eigenvalue weighted by Gasteiger charge is -2.42. The number of nitrogen functional groups attached to an aromatic ring is 1. The number of ether oxygens (including phenoxy) is 1. The third-order valence-corrected chi connectivity index (χ3v) is 4.93. The Morgan fingerprint density at radius 1 is 1.20 bits per heavy atom. The highest BCUT2D eigenvalue weighted by Gasteiger charge is 2.32. The predicted octanol–water partition coefficient (Wildman–Crippen LogP) is 3.43. The summed E-state index contributed by atoms with van der Waals surface area (Å²) in [6.45, 7) is 1.90. The second kappa shape index (κ2) is 5.51. The average Bonchev–Trinajstić information content (AvgIpc) is 2.47. The maximum atomic E-state index is 14.2. The Hall–Kier alpha value is -1.45. The fourth-order valence-electron chi connectivity index (χ4n) is 3.80. The molecule has 1 aromatic carbocycles. The van der Waals surface area contributed by atoms with E-state index in [2.05, 4.69) is 4.90 Å². The van der Waals surface area contributed by atoms with Crippen LogP contribution in [0.1, 0.15) is 32.1 Å². The molecule has 0 amide bonds. The number of nitrogens with two attached hydrogens (primary N) is 1. The van der Waals surface area contributed by atoms with Crippen molar-refractivity contribution in [3.05, 3.63) is 17.9 Å². The fourth-order valence-corrected chi connectivity index (χ4v) is 3.80. The summed E-state index contributed by atoms with van der Waals surface area (Å²) in [4.78, 5) is 2.17. The number of methoxy groups -OCH3 is 1. The van der Waals surface area contributed by atoms with Gasteiger partial charge in [-0.3, -0.25) is 0 Å². The van der Waals surface area contributed by atoms with E-state index in [9.17, 15) is 4.39 Å². The molecular formula is C16H23FN2O. The van der Waals surface area contributed by atoms with Crippen molar-refractivity contribution in [1.82, 2.24) is 0 Å². The molecule has 1 saturated carbocycles. The SMILES string of the molecule is COc1cc(N2CCC3CCCCC3C2)c(F)cc1N. The van der Waals surface area contributed by atoms with E-state index in [1.165, 1.54) is 38.2 Å². The Morgan fingerprint density at radius 2 is 1.95 bits per heavy atom. The summed E-state index contributed by atoms with van der Waals surface area (Å²) in [5.74, 6) is 1.89. The second-order valence-electron chi connectivity index (χ2n) is 6.08. The van der Waals surface area contributed by atoms with Gasteiger partial charge < -0.3 is 15.4 Å². The van der Waals surface area contributed by atoms with Crippen LogP contribution < -0.4 is 15.4 Å². The van der Waals surface area contributed by atoms with Crippen LogP contribution in [-0.4, -0.2) is 20.2 Å². The Kier molecular flexibility index (Phi) is 3.72. The minimum Gasteiger partial charge on any atom is -0.495 e. The van der Waals surface area contributed by atoms with Gasteiger partial charge in [0.1, 0.15) is 11.6 Å². The van der Waals surface area contributed by atoms with Crippen LogP contribution >= 0.6 is 0 Å². The van der Waals surface area contributed by atoms with Crippen LogP contribution in [0.3, 0.4) is 0 Å². The van der Waals surface area contributed by atoms with E-state index in [4.69, 9.17) is 10.5 Å². The topological polar surface area (TPSA) is 38.5 Å². The van der Waals surface area contributed by atoms with Gasteiger partial charge in [-0.1, -0.05) is 19.3 Å². The minimum absolute atomic E-state index is 0.238. The van der Waals surface area contributed by atoms with Gasteiger partial charge in [-0.2, -0.15) is 0 Å². The summed E-state index contributed by atoms with van der Waals surface area (Å²) >= 11 is 0. The first kappa shape index (κ1) is 13.5. The van der Waals surface area contributed by atoms with E-state index in [1.54, 1.807) is 13.2 Å². The van der Waals surface area contributed by atoms with Crippen molar-refractivity contribution in [2.45, 2.75) is 32.1 Å². The first-order valence-corrected chi connectivity index (χ1v) is 7.57. The van der Waals surface area contributed by atoms with Crippen LogP contribution in [0.15, 0.2) is 12.1 Å². The molecule has 20 heavy (non-hydrogen) atoms. The smallest absolute Gasteiger partial charge is 0.148 e. The molecule has 2 unspecified atom stereocenters. The number of piperidine rings is 1. The molecule has 2 fully saturated rings. The van der Waals surface area contributed by atoms with Crippen LogP contribution in [0.5, 0.6) is 5.75 Å². The molecule has 0 spiro atoms. The molecule has 2 atom stereocenters. The van der Waals surface area contributed by atoms with Crippen LogP contribution in [0.4, 0.5) is 15.8 Å². The highest BCUT2D eigenvalue weighted by Crippen LogP contribution is 2.39. The standard InChI is InChI=1S/C16H23FN2O/c1-20-16-9-15(13(17)8-14(16)18)19-7-6-11-4-2-3-5-12(11)10-19/h8-9,11-12H,2-7,10,18H2,1H3. The molecule has 3 nitrogen and oxygen atoms in total. The predicted molar refractivity (Wildman–Crippen MR) is 79.6 cm³/mol. The monoisotopic (exact) mass is 278 g/mol. The zero-order valence-electron chi connectivity index (χ0n) is 12.1. The maximum absolute atomic E-state index is 14.2. The minimum atomic E-state index is -0.238. The Balaban J connectivity index is 1.82. The molecule has 1 aliphatic carbocycles. The van der Waals surface area contributed by atoms with Gasteiger partial charge in [-0.15, -0.1) is 0 Å². The lowest BCUT2D eigenvalue weighted by Crippen LogP contribution is -2.42. The number of anilines is 2. The third-order valence-electron chi connectivity index (χ3n) is 4.93. The van der Waals surface area contributed by atoms with Crippen LogP contribution in [0.25, 0.3) is 0 Å². The number of benzene rings is 1. The van der Waals surface area contributed by atoms with Crippen LogP contribution in [0, 0.1) is 17.7 Å². The van der Waals surface area contributed by atoms with Crippen molar-refractivity contribution >= 4 is 11.4 Å². The van der Waals surface area contributed by atoms with Crippen molar-refractivity contribution in [2.75, 3.05) is 30.8 Å². The highest BCUT2D eigenvalue weighted by molar-refractivity contribution is 5.63. The van der Waals surface area contributed by atoms with Crippen LogP contribution in [0.2, 0.25) is 0 Å². The molecule has 1 aromatic rings. The van der Waals surface area contributed by atoms with E-state index < -0.39 is 0 Å². The molecule has 110 valence electrons. The van der Waals surface area contributed by atoms with E-state index >= 15 is 0 Å². The zero-order valence-corrected chi connectivity index (χ0v) is 12.1. The van der Waals surface area contributed by atoms with E-state index in [0.29, 0.717) is 17.1 Å². The zero-order chi connectivity index (χ0) is 14.1. The fraction of sp³-hybridized carbons (Fsp3) is 0.625. The molecule has 0 aromatic heterocycles. The van der Waals surface area contributed by atoms with Crippen molar-refractivity contribution < 1.29 is 9.13 Å². The summed E-state index contributed by atoms with van der Waals surface area (Å²) in [5, 5.41) is 0. The summed E-state index contributed by atoms with van der Waals surface area (Å²) in [6, 6.07) is 3.12. The number of halogens is 1. The number of rotatable bonds is 2. The Morgan fingerprint density at radius 3 is 2.70 bits per heavy atom. The van der Waals surface area contributed by atoms with Crippen molar-refractivity contribution in [3.63, 3.8) is 0 Å². The number of nitrogens with zero attached hydrogens (tertiary/aromatic N) is 1. The normalized spacial score (nSPS) is 26.2. The van der Waals surface area contributed by atoms with Gasteiger partial charge in [0.05, 0.1) is 18.5 Å². The first-order valence-electron chi connectivity index (χ1n) is 7.57. The molecular weight excluding hydrogens is 255 g/mol. The maximum Gasteiger partial charge on any atom is 0.148 e. The van der Waals surface area contributed by atoms with Gasteiger partial charge in [0.15, 0.2) is 0 Å². The van der Waals surface area contributed by atoms with Crippen molar-refractivity contribution in [2.24, 2.45) is 11.8 Å². The number of fused-ring (bicyclic) bond motifs is 1. The molecule has 2 aliphatic rings. The molecule has 1 saturated heterocycles. The van der Waals surface area contributed by atoms with E-state index in [1.807, 2.05) is 0 Å². The van der Waals surface area contributed by atoms with Gasteiger partial charge in [0.2, 0.25) is 0 Å². The Bertz CT molecular complexity index is 492. The highest BCUT2D eigenvalue weighted by atomic mass is 19.1. The van der Waals surface area contributed by atoms with Crippen molar-refractivity contribution in [1.29, 1.82) is 0 Å². The average molecular weight is 278 g/mol. The summed E-state index contributed by atoms with van der Waals surface area (Å²) in [5.41, 5.74) is 6.75. The summed E-state index contributed by atoms with van der Waals surface area (Å²) in [6.07, 6.45) is 6.51. The molecule has 2 N–H and O–H groups in total. The second-order valence-corrected chi connectivity index (χ2v) is 6.08. The molecule has 0 bridgehead atoms. The molecule has 4 heteroatoms. The lowest BCUT2D eigenvalue weighted by molar-refractivity contribution is 0.202. The molecule has 1 heterocycles. The number of hydrogen-bond donors (Lipinski definition) is 1. The number of hydrogen-bond acceptors (Lipinski definition) is 3. The van der Waals surface area contributed by atoms with Gasteiger partial charge in [0.25, 0.3) is 0 Å². The van der Waals surface area contributed by atoms with Gasteiger partial charge in [0, 0.05) is 25.2 Å². The summed E-state index contributed by atoms with van der Waals surface area (Å²) in [7, 11) is 1.57. The first-order chi connectivity index (χ1) is 9.69. The van der Waals surface area contributed by atoms with Gasteiger partial charge in [-0.05, 0) is 24.7 Å². The molecule has 3 rings (SSSR count). The Labute approximate surface area is 119 Å². The van der Waals surface area contributed by atoms with Gasteiger partial charge in [-0.25, -0.2) is 4.39 Å². The molecule has 0 radical (unpaired) electrons. The van der Waals surface area contributed by atoms with Gasteiger partial charge >= 0.3 is 0 Å². The van der Waals surface area contributed by atoms with Crippen LogP contribution in [-0.2, 0) is 0 Å². The largest absolute Gasteiger partial charge is 0.495 e. The lowest BCUT2D eigenvalue weighted by atomic mass is 9.75. The molecule has 1 aliphatic heterocycles. The van der Waals surface area contributed by atoms with E-state index in [0.717, 1.165) is 24.9 Å². The van der Waals surface area contributed by atoms with Crippen molar-refractivity contribution in [3.8, 4) is 5.75 Å². The summed E-state index contributed by atoms with van der Waals surface area (Å²) < 4.78 is 19.4. The van der Waals surface area contributed by atoms with E-state index in [-0.39, 0.29) is 5.82 Å².